The van der Waals surface area contributed by atoms with Gasteiger partial charge in [-0.3, -0.25) is 0 Å². The molecule has 1 aliphatic heterocycles. The van der Waals surface area contributed by atoms with Crippen LogP contribution in [0.15, 0.2) is 21.3 Å². The lowest BCUT2D eigenvalue weighted by Crippen LogP contribution is -2.42. The Morgan fingerprint density at radius 1 is 1.29 bits per heavy atom. The van der Waals surface area contributed by atoms with E-state index in [1.165, 1.54) is 34.9 Å². The van der Waals surface area contributed by atoms with E-state index < -0.39 is 10.0 Å². The zero-order valence-electron chi connectivity index (χ0n) is 17.2. The summed E-state index contributed by atoms with van der Waals surface area (Å²) in [6.07, 6.45) is 4.78. The number of sulfonamides is 1. The Balaban J connectivity index is 1.97. The molecule has 0 aliphatic carbocycles. The molecule has 1 aliphatic rings. The number of rotatable bonds is 10. The van der Waals surface area contributed by atoms with Crippen LogP contribution in [0.3, 0.4) is 0 Å². The van der Waals surface area contributed by atoms with Crippen LogP contribution in [-0.4, -0.2) is 57.6 Å². The molecule has 1 saturated heterocycles. The van der Waals surface area contributed by atoms with Crippen LogP contribution in [-0.2, 0) is 21.3 Å². The number of morpholine rings is 1. The summed E-state index contributed by atoms with van der Waals surface area (Å²) >= 11 is 1.30. The molecule has 0 amide bonds. The van der Waals surface area contributed by atoms with E-state index in [9.17, 15) is 8.42 Å². The van der Waals surface area contributed by atoms with E-state index in [0.717, 1.165) is 23.8 Å². The molecule has 1 fully saturated rings. The number of hydrogen-bond acceptors (Lipinski definition) is 5. The fourth-order valence-corrected chi connectivity index (χ4v) is 5.82. The van der Waals surface area contributed by atoms with E-state index in [-0.39, 0.29) is 0 Å². The van der Waals surface area contributed by atoms with Crippen LogP contribution in [0.25, 0.3) is 0 Å². The van der Waals surface area contributed by atoms with E-state index >= 15 is 0 Å². The lowest BCUT2D eigenvalue weighted by Gasteiger charge is -2.25. The predicted octanol–water partition coefficient (Wildman–Crippen LogP) is 2.79. The monoisotopic (exact) mass is 430 g/mol. The Labute approximate surface area is 173 Å². The first-order valence-corrected chi connectivity index (χ1v) is 12.4. The fourth-order valence-electron chi connectivity index (χ4n) is 2.98. The van der Waals surface area contributed by atoms with Gasteiger partial charge in [0.25, 0.3) is 10.0 Å². The van der Waals surface area contributed by atoms with Crippen molar-refractivity contribution in [2.45, 2.75) is 63.3 Å². The molecule has 2 rings (SSSR count). The molecule has 2 heterocycles. The number of nitrogens with one attached hydrogen (secondary N) is 2. The Morgan fingerprint density at radius 3 is 2.71 bits per heavy atom. The molecular formula is C19H34N4O3S2. The number of thiophene rings is 1. The molecule has 0 radical (unpaired) electrons. The minimum Gasteiger partial charge on any atom is -0.379 e. The summed E-state index contributed by atoms with van der Waals surface area (Å²) in [6, 6.07) is 3.90. The highest BCUT2D eigenvalue weighted by Crippen LogP contribution is 2.26. The molecule has 9 heteroatoms. The molecule has 7 nitrogen and oxygen atoms in total. The van der Waals surface area contributed by atoms with Gasteiger partial charge in [0.05, 0.1) is 19.8 Å². The summed E-state index contributed by atoms with van der Waals surface area (Å²) in [5.74, 6) is 0.775. The van der Waals surface area contributed by atoms with E-state index in [0.29, 0.717) is 43.1 Å². The van der Waals surface area contributed by atoms with Gasteiger partial charge in [-0.25, -0.2) is 13.4 Å². The molecule has 28 heavy (non-hydrogen) atoms. The number of ether oxygens (including phenoxy) is 1. The molecule has 1 aromatic heterocycles. The SMILES string of the molecule is CCCCCC(C)NC(=NCc1ccc(S(=O)(=O)N2CCOCC2)s1)NCC. The van der Waals surface area contributed by atoms with E-state index in [1.54, 1.807) is 6.07 Å². The minimum absolute atomic E-state index is 0.352. The van der Waals surface area contributed by atoms with Gasteiger partial charge in [-0.15, -0.1) is 11.3 Å². The second-order valence-electron chi connectivity index (χ2n) is 6.97. The molecule has 1 unspecified atom stereocenters. The van der Waals surface area contributed by atoms with Crippen molar-refractivity contribution in [2.75, 3.05) is 32.8 Å². The van der Waals surface area contributed by atoms with Crippen molar-refractivity contribution < 1.29 is 13.2 Å². The predicted molar refractivity (Wildman–Crippen MR) is 115 cm³/mol. The van der Waals surface area contributed by atoms with Gasteiger partial charge >= 0.3 is 0 Å². The molecule has 0 saturated carbocycles. The number of hydrogen-bond donors (Lipinski definition) is 2. The van der Waals surface area contributed by atoms with Crippen LogP contribution in [0.5, 0.6) is 0 Å². The van der Waals surface area contributed by atoms with Crippen molar-refractivity contribution in [1.29, 1.82) is 0 Å². The van der Waals surface area contributed by atoms with Gasteiger partial charge in [0.2, 0.25) is 0 Å². The summed E-state index contributed by atoms with van der Waals surface area (Å²) in [5, 5.41) is 6.71. The molecule has 1 atom stereocenters. The van der Waals surface area contributed by atoms with Gasteiger partial charge in [0, 0.05) is 30.6 Å². The summed E-state index contributed by atoms with van der Waals surface area (Å²) < 4.78 is 32.6. The van der Waals surface area contributed by atoms with Crippen molar-refractivity contribution in [3.63, 3.8) is 0 Å². The van der Waals surface area contributed by atoms with Crippen LogP contribution in [0, 0.1) is 0 Å². The average Bonchev–Trinajstić information content (AvgIpc) is 3.17. The van der Waals surface area contributed by atoms with E-state index in [1.807, 2.05) is 13.0 Å². The van der Waals surface area contributed by atoms with Gasteiger partial charge in [0.1, 0.15) is 4.21 Å². The maximum Gasteiger partial charge on any atom is 0.252 e. The van der Waals surface area contributed by atoms with Crippen molar-refractivity contribution in [2.24, 2.45) is 4.99 Å². The number of aliphatic imine (C=N–C) groups is 1. The third-order valence-corrected chi connectivity index (χ3v) is 8.00. The first-order chi connectivity index (χ1) is 13.5. The van der Waals surface area contributed by atoms with Crippen LogP contribution < -0.4 is 10.6 Å². The lowest BCUT2D eigenvalue weighted by molar-refractivity contribution is 0.0731. The third kappa shape index (κ3) is 7.02. The van der Waals surface area contributed by atoms with Gasteiger partial charge in [0.15, 0.2) is 5.96 Å². The van der Waals surface area contributed by atoms with Crippen molar-refractivity contribution in [3.8, 4) is 0 Å². The van der Waals surface area contributed by atoms with Crippen LogP contribution in [0.2, 0.25) is 0 Å². The largest absolute Gasteiger partial charge is 0.379 e. The van der Waals surface area contributed by atoms with Gasteiger partial charge in [-0.1, -0.05) is 26.2 Å². The van der Waals surface area contributed by atoms with Crippen molar-refractivity contribution in [3.05, 3.63) is 17.0 Å². The van der Waals surface area contributed by atoms with Crippen LogP contribution in [0.1, 0.15) is 51.3 Å². The molecular weight excluding hydrogens is 396 g/mol. The summed E-state index contributed by atoms with van der Waals surface area (Å²) in [5.41, 5.74) is 0. The first-order valence-electron chi connectivity index (χ1n) is 10.2. The maximum atomic E-state index is 12.7. The van der Waals surface area contributed by atoms with Crippen molar-refractivity contribution in [1.82, 2.24) is 14.9 Å². The number of unbranched alkanes of at least 4 members (excludes halogenated alkanes) is 2. The number of nitrogens with zero attached hydrogens (tertiary/aromatic N) is 2. The third-order valence-electron chi connectivity index (χ3n) is 4.56. The summed E-state index contributed by atoms with van der Waals surface area (Å²) in [7, 11) is -3.43. The van der Waals surface area contributed by atoms with Crippen LogP contribution >= 0.6 is 11.3 Å². The summed E-state index contributed by atoms with van der Waals surface area (Å²) in [6.45, 7) is 9.40. The number of guanidine groups is 1. The van der Waals surface area contributed by atoms with Gasteiger partial charge < -0.3 is 15.4 Å². The van der Waals surface area contributed by atoms with Crippen LogP contribution in [0.4, 0.5) is 0 Å². The second kappa shape index (κ2) is 11.7. The highest BCUT2D eigenvalue weighted by molar-refractivity contribution is 7.91. The Morgan fingerprint density at radius 2 is 2.04 bits per heavy atom. The zero-order valence-corrected chi connectivity index (χ0v) is 18.9. The lowest BCUT2D eigenvalue weighted by atomic mass is 10.1. The summed E-state index contributed by atoms with van der Waals surface area (Å²) in [4.78, 5) is 5.57. The minimum atomic E-state index is -3.43. The molecule has 1 aromatic rings. The highest BCUT2D eigenvalue weighted by Gasteiger charge is 2.27. The highest BCUT2D eigenvalue weighted by atomic mass is 32.2. The topological polar surface area (TPSA) is 83.0 Å². The molecule has 160 valence electrons. The normalized spacial score (nSPS) is 17.5. The van der Waals surface area contributed by atoms with E-state index in [2.05, 4.69) is 29.5 Å². The molecule has 0 spiro atoms. The Hall–Kier alpha value is -1.16. The van der Waals surface area contributed by atoms with Crippen molar-refractivity contribution >= 4 is 27.3 Å². The average molecular weight is 431 g/mol. The molecule has 2 N–H and O–H groups in total. The second-order valence-corrected chi connectivity index (χ2v) is 10.3. The standard InChI is InChI=1S/C19H34N4O3S2/c1-4-6-7-8-16(3)22-19(20-5-2)21-15-17-9-10-18(27-17)28(24,25)23-11-13-26-14-12-23/h9-10,16H,4-8,11-15H2,1-3H3,(H2,20,21,22). The Bertz CT molecular complexity index is 713. The fraction of sp³-hybridized carbons (Fsp3) is 0.737. The zero-order chi connectivity index (χ0) is 20.4. The molecule has 0 bridgehead atoms. The molecule has 0 aromatic carbocycles. The smallest absolute Gasteiger partial charge is 0.252 e. The van der Waals surface area contributed by atoms with Gasteiger partial charge in [-0.05, 0) is 32.4 Å². The van der Waals surface area contributed by atoms with E-state index in [4.69, 9.17) is 4.74 Å². The maximum absolute atomic E-state index is 12.7. The first kappa shape index (κ1) is 23.1. The quantitative estimate of drug-likeness (QED) is 0.339. The Kier molecular flexibility index (Phi) is 9.70. The van der Waals surface area contributed by atoms with Gasteiger partial charge in [-0.2, -0.15) is 4.31 Å².